The van der Waals surface area contributed by atoms with Crippen LogP contribution in [-0.4, -0.2) is 22.0 Å². The van der Waals surface area contributed by atoms with E-state index in [2.05, 4.69) is 37.8 Å². The minimum atomic E-state index is -0.0937. The summed E-state index contributed by atoms with van der Waals surface area (Å²) in [5.41, 5.74) is 1.94. The number of nitrogens with zero attached hydrogens (tertiary/aromatic N) is 2. The highest BCUT2D eigenvalue weighted by Gasteiger charge is 2.16. The Kier molecular flexibility index (Phi) is 5.67. The lowest BCUT2D eigenvalue weighted by Crippen LogP contribution is -2.26. The number of carbonyl (C=O) groups is 1. The molecule has 1 atom stereocenters. The summed E-state index contributed by atoms with van der Waals surface area (Å²) in [4.78, 5) is 12.9. The van der Waals surface area contributed by atoms with Crippen molar-refractivity contribution in [1.82, 2.24) is 14.9 Å². The van der Waals surface area contributed by atoms with E-state index in [4.69, 9.17) is 0 Å². The van der Waals surface area contributed by atoms with Crippen LogP contribution in [0.4, 0.5) is 0 Å². The quantitative estimate of drug-likeness (QED) is 0.810. The highest BCUT2D eigenvalue weighted by atomic mass is 79.9. The zero-order valence-electron chi connectivity index (χ0n) is 11.2. The van der Waals surface area contributed by atoms with E-state index in [9.17, 15) is 4.79 Å². The molecule has 1 N–H and O–H groups in total. The van der Waals surface area contributed by atoms with Gasteiger partial charge in [-0.25, -0.2) is 0 Å². The number of benzene rings is 1. The van der Waals surface area contributed by atoms with Crippen molar-refractivity contribution in [2.45, 2.75) is 24.6 Å². The smallest absolute Gasteiger partial charge is 0.264 e. The van der Waals surface area contributed by atoms with Crippen molar-refractivity contribution in [1.29, 1.82) is 0 Å². The predicted molar refractivity (Wildman–Crippen MR) is 84.3 cm³/mol. The molecule has 2 aromatic rings. The normalized spacial score (nSPS) is 12.1. The number of hydrogen-bond acceptors (Lipinski definition) is 4. The first kappa shape index (κ1) is 15.1. The van der Waals surface area contributed by atoms with E-state index in [1.807, 2.05) is 30.3 Å². The van der Waals surface area contributed by atoms with E-state index in [-0.39, 0.29) is 10.7 Å². The molecule has 1 heterocycles. The third-order valence-corrected chi connectivity index (χ3v) is 4.47. The molecule has 0 saturated heterocycles. The third-order valence-electron chi connectivity index (χ3n) is 2.85. The van der Waals surface area contributed by atoms with Gasteiger partial charge in [-0.15, -0.1) is 5.10 Å². The van der Waals surface area contributed by atoms with Gasteiger partial charge in [0, 0.05) is 6.54 Å². The van der Waals surface area contributed by atoms with Crippen molar-refractivity contribution in [3.05, 3.63) is 46.5 Å². The molecule has 0 aliphatic carbocycles. The van der Waals surface area contributed by atoms with Crippen LogP contribution in [0.2, 0.25) is 0 Å². The van der Waals surface area contributed by atoms with Crippen LogP contribution in [0.15, 0.2) is 30.3 Å². The number of hydrogen-bond donors (Lipinski definition) is 1. The van der Waals surface area contributed by atoms with Gasteiger partial charge in [0.2, 0.25) is 0 Å². The Balaban J connectivity index is 1.93. The second kappa shape index (κ2) is 7.50. The first-order chi connectivity index (χ1) is 9.72. The molecule has 20 heavy (non-hydrogen) atoms. The summed E-state index contributed by atoms with van der Waals surface area (Å²) in [6.45, 7) is 2.59. The molecule has 1 unspecified atom stereocenters. The lowest BCUT2D eigenvalue weighted by Gasteiger charge is -2.11. The lowest BCUT2D eigenvalue weighted by molar-refractivity contribution is 0.0957. The number of aromatic nitrogens is 2. The van der Waals surface area contributed by atoms with Gasteiger partial charge in [-0.05, 0) is 23.5 Å². The van der Waals surface area contributed by atoms with Crippen molar-refractivity contribution >= 4 is 33.4 Å². The first-order valence-electron chi connectivity index (χ1n) is 6.50. The zero-order valence-corrected chi connectivity index (χ0v) is 13.6. The van der Waals surface area contributed by atoms with Gasteiger partial charge >= 0.3 is 0 Å². The molecule has 1 amide bonds. The average Bonchev–Trinajstić information content (AvgIpc) is 2.94. The molecule has 4 nitrogen and oxygen atoms in total. The standard InChI is InChI=1S/C14H16BrN3OS/c1-2-6-12-13(20-18-17-12)14(19)16-9-11(15)10-7-4-3-5-8-10/h3-5,7-8,11H,2,6,9H2,1H3,(H,16,19). The molecule has 0 aliphatic rings. The van der Waals surface area contributed by atoms with Gasteiger partial charge in [-0.1, -0.05) is 64.1 Å². The fourth-order valence-corrected chi connectivity index (χ4v) is 2.92. The largest absolute Gasteiger partial charge is 0.350 e. The molecule has 0 spiro atoms. The molecule has 6 heteroatoms. The van der Waals surface area contributed by atoms with Gasteiger partial charge in [-0.2, -0.15) is 0 Å². The number of aryl methyl sites for hydroxylation is 1. The average molecular weight is 354 g/mol. The Morgan fingerprint density at radius 2 is 2.15 bits per heavy atom. The van der Waals surface area contributed by atoms with Crippen LogP contribution in [0.1, 0.15) is 39.1 Å². The number of alkyl halides is 1. The number of nitrogens with one attached hydrogen (secondary N) is 1. The minimum Gasteiger partial charge on any atom is -0.350 e. The molecular weight excluding hydrogens is 338 g/mol. The maximum Gasteiger partial charge on any atom is 0.264 e. The van der Waals surface area contributed by atoms with E-state index >= 15 is 0 Å². The molecule has 0 aliphatic heterocycles. The van der Waals surface area contributed by atoms with Gasteiger partial charge in [0.1, 0.15) is 4.88 Å². The molecule has 0 radical (unpaired) electrons. The van der Waals surface area contributed by atoms with Crippen molar-refractivity contribution in [2.75, 3.05) is 6.54 Å². The monoisotopic (exact) mass is 353 g/mol. The SMILES string of the molecule is CCCc1nnsc1C(=O)NCC(Br)c1ccccc1. The predicted octanol–water partition coefficient (Wildman–Crippen LogP) is 3.36. The topological polar surface area (TPSA) is 54.9 Å². The van der Waals surface area contributed by atoms with Crippen LogP contribution in [-0.2, 0) is 6.42 Å². The Morgan fingerprint density at radius 1 is 1.40 bits per heavy atom. The highest BCUT2D eigenvalue weighted by Crippen LogP contribution is 2.21. The molecule has 106 valence electrons. The van der Waals surface area contributed by atoms with E-state index in [0.717, 1.165) is 35.6 Å². The maximum atomic E-state index is 12.1. The maximum absolute atomic E-state index is 12.1. The van der Waals surface area contributed by atoms with Crippen molar-refractivity contribution in [3.63, 3.8) is 0 Å². The summed E-state index contributed by atoms with van der Waals surface area (Å²) < 4.78 is 3.87. The molecule has 1 aromatic carbocycles. The second-order valence-corrected chi connectivity index (χ2v) is 6.25. The third kappa shape index (κ3) is 3.86. The van der Waals surface area contributed by atoms with E-state index in [0.29, 0.717) is 11.4 Å². The van der Waals surface area contributed by atoms with Crippen LogP contribution in [0.5, 0.6) is 0 Å². The van der Waals surface area contributed by atoms with Gasteiger partial charge in [0.05, 0.1) is 10.5 Å². The minimum absolute atomic E-state index is 0.0937. The molecule has 0 fully saturated rings. The molecule has 1 aromatic heterocycles. The molecule has 2 rings (SSSR count). The molecule has 0 saturated carbocycles. The summed E-state index contributed by atoms with van der Waals surface area (Å²) >= 11 is 4.74. The summed E-state index contributed by atoms with van der Waals surface area (Å²) in [6.07, 6.45) is 1.74. The summed E-state index contributed by atoms with van der Waals surface area (Å²) in [5, 5.41) is 6.93. The zero-order chi connectivity index (χ0) is 14.4. The fraction of sp³-hybridized carbons (Fsp3) is 0.357. The summed E-state index contributed by atoms with van der Waals surface area (Å²) in [5.74, 6) is -0.0937. The Bertz CT molecular complexity index is 559. The number of carbonyl (C=O) groups excluding carboxylic acids is 1. The van der Waals surface area contributed by atoms with Crippen LogP contribution in [0, 0.1) is 0 Å². The van der Waals surface area contributed by atoms with Crippen LogP contribution < -0.4 is 5.32 Å². The van der Waals surface area contributed by atoms with E-state index in [1.54, 1.807) is 0 Å². The fourth-order valence-electron chi connectivity index (χ4n) is 1.82. The van der Waals surface area contributed by atoms with Crippen LogP contribution >= 0.6 is 27.5 Å². The molecule has 0 bridgehead atoms. The van der Waals surface area contributed by atoms with Crippen molar-refractivity contribution in [3.8, 4) is 0 Å². The Hall–Kier alpha value is -1.27. The van der Waals surface area contributed by atoms with Gasteiger partial charge in [0.15, 0.2) is 0 Å². The van der Waals surface area contributed by atoms with E-state index in [1.165, 1.54) is 0 Å². The molecular formula is C14H16BrN3OS. The summed E-state index contributed by atoms with van der Waals surface area (Å²) in [7, 11) is 0. The van der Waals surface area contributed by atoms with Gasteiger partial charge < -0.3 is 5.32 Å². The van der Waals surface area contributed by atoms with Gasteiger partial charge in [-0.3, -0.25) is 4.79 Å². The van der Waals surface area contributed by atoms with Crippen LogP contribution in [0.25, 0.3) is 0 Å². The highest BCUT2D eigenvalue weighted by molar-refractivity contribution is 9.09. The van der Waals surface area contributed by atoms with Crippen molar-refractivity contribution < 1.29 is 4.79 Å². The number of amides is 1. The first-order valence-corrected chi connectivity index (χ1v) is 8.19. The number of rotatable bonds is 6. The van der Waals surface area contributed by atoms with Gasteiger partial charge in [0.25, 0.3) is 5.91 Å². The Morgan fingerprint density at radius 3 is 2.85 bits per heavy atom. The Labute approximate surface area is 130 Å². The van der Waals surface area contributed by atoms with E-state index < -0.39 is 0 Å². The lowest BCUT2D eigenvalue weighted by atomic mass is 10.1. The second-order valence-electron chi connectivity index (χ2n) is 4.39. The van der Waals surface area contributed by atoms with Crippen molar-refractivity contribution in [2.24, 2.45) is 0 Å². The number of halogens is 1. The van der Waals surface area contributed by atoms with Crippen LogP contribution in [0.3, 0.4) is 0 Å². The summed E-state index contributed by atoms with van der Waals surface area (Å²) in [6, 6.07) is 10.0.